The van der Waals surface area contributed by atoms with Gasteiger partial charge in [-0.3, -0.25) is 9.59 Å². The highest BCUT2D eigenvalue weighted by Gasteiger charge is 2.28. The molecule has 2 aromatic carbocycles. The summed E-state index contributed by atoms with van der Waals surface area (Å²) in [6, 6.07) is 15.4. The number of thioether (sulfide) groups is 1. The molecular weight excluding hydrogens is 346 g/mol. The molecule has 4 nitrogen and oxygen atoms in total. The SMILES string of the molecule is CSc1ccc(COC(=O)C[C@@H]2c3ccccc3C=CN2C(C)=O)cc1. The molecule has 0 aromatic heterocycles. The number of nitrogens with zero attached hydrogens (tertiary/aromatic N) is 1. The number of hydrogen-bond acceptors (Lipinski definition) is 4. The first-order valence-electron chi connectivity index (χ1n) is 8.43. The molecule has 1 atom stereocenters. The van der Waals surface area contributed by atoms with Crippen LogP contribution in [0.25, 0.3) is 6.08 Å². The lowest BCUT2D eigenvalue weighted by Gasteiger charge is -2.32. The molecule has 3 rings (SSSR count). The van der Waals surface area contributed by atoms with Crippen molar-refractivity contribution in [2.75, 3.05) is 6.26 Å². The van der Waals surface area contributed by atoms with Gasteiger partial charge in [0, 0.05) is 18.0 Å². The van der Waals surface area contributed by atoms with Crippen molar-refractivity contribution in [3.8, 4) is 0 Å². The van der Waals surface area contributed by atoms with Gasteiger partial charge in [0.15, 0.2) is 0 Å². The summed E-state index contributed by atoms with van der Waals surface area (Å²) in [7, 11) is 0. The number of ether oxygens (including phenoxy) is 1. The predicted octanol–water partition coefficient (Wildman–Crippen LogP) is 4.42. The Bertz CT molecular complexity index is 829. The lowest BCUT2D eigenvalue weighted by atomic mass is 9.94. The van der Waals surface area contributed by atoms with Gasteiger partial charge in [-0.2, -0.15) is 0 Å². The van der Waals surface area contributed by atoms with E-state index in [1.807, 2.05) is 60.9 Å². The second kappa shape index (κ2) is 8.23. The van der Waals surface area contributed by atoms with E-state index in [0.29, 0.717) is 0 Å². The molecule has 26 heavy (non-hydrogen) atoms. The normalized spacial score (nSPS) is 15.5. The second-order valence-electron chi connectivity index (χ2n) is 6.10. The van der Waals surface area contributed by atoms with Crippen molar-refractivity contribution in [2.24, 2.45) is 0 Å². The van der Waals surface area contributed by atoms with Crippen LogP contribution in [0.4, 0.5) is 0 Å². The Morgan fingerprint density at radius 2 is 1.85 bits per heavy atom. The van der Waals surface area contributed by atoms with Crippen molar-refractivity contribution in [2.45, 2.75) is 30.9 Å². The largest absolute Gasteiger partial charge is 0.461 e. The number of carbonyl (C=O) groups excluding carboxylic acids is 2. The van der Waals surface area contributed by atoms with Crippen molar-refractivity contribution >= 4 is 29.7 Å². The lowest BCUT2D eigenvalue weighted by Crippen LogP contribution is -2.32. The van der Waals surface area contributed by atoms with Crippen LogP contribution < -0.4 is 0 Å². The third kappa shape index (κ3) is 4.17. The number of hydrogen-bond donors (Lipinski definition) is 0. The van der Waals surface area contributed by atoms with Gasteiger partial charge in [0.05, 0.1) is 12.5 Å². The molecule has 0 fully saturated rings. The number of benzene rings is 2. The van der Waals surface area contributed by atoms with Crippen molar-refractivity contribution in [3.63, 3.8) is 0 Å². The summed E-state index contributed by atoms with van der Waals surface area (Å²) in [5.74, 6) is -0.415. The van der Waals surface area contributed by atoms with Crippen LogP contribution in [-0.2, 0) is 20.9 Å². The highest BCUT2D eigenvalue weighted by atomic mass is 32.2. The standard InChI is InChI=1S/C21H21NO3S/c1-15(23)22-12-11-17-5-3-4-6-19(17)20(22)13-21(24)25-14-16-7-9-18(26-2)10-8-16/h3-12,20H,13-14H2,1-2H3/t20-/m1/s1. The summed E-state index contributed by atoms with van der Waals surface area (Å²) in [6.45, 7) is 1.74. The van der Waals surface area contributed by atoms with Gasteiger partial charge in [0.1, 0.15) is 6.61 Å². The van der Waals surface area contributed by atoms with Crippen LogP contribution in [-0.4, -0.2) is 23.0 Å². The summed E-state index contributed by atoms with van der Waals surface area (Å²) in [5.41, 5.74) is 2.94. The molecule has 2 aromatic rings. The van der Waals surface area contributed by atoms with E-state index in [-0.39, 0.29) is 30.9 Å². The van der Waals surface area contributed by atoms with Gasteiger partial charge in [-0.15, -0.1) is 11.8 Å². The number of amides is 1. The average Bonchev–Trinajstić information content (AvgIpc) is 2.66. The van der Waals surface area contributed by atoms with E-state index in [1.165, 1.54) is 11.8 Å². The minimum atomic E-state index is -0.333. The summed E-state index contributed by atoms with van der Waals surface area (Å²) < 4.78 is 5.44. The van der Waals surface area contributed by atoms with Crippen molar-refractivity contribution < 1.29 is 14.3 Å². The molecule has 1 aliphatic heterocycles. The number of carbonyl (C=O) groups is 2. The quantitative estimate of drug-likeness (QED) is 0.580. The summed E-state index contributed by atoms with van der Waals surface area (Å²) in [4.78, 5) is 27.1. The highest BCUT2D eigenvalue weighted by Crippen LogP contribution is 2.33. The number of rotatable bonds is 5. The van der Waals surface area contributed by atoms with E-state index < -0.39 is 0 Å². The Kier molecular flexibility index (Phi) is 5.78. The predicted molar refractivity (Wildman–Crippen MR) is 103 cm³/mol. The van der Waals surface area contributed by atoms with Gasteiger partial charge in [-0.05, 0) is 41.2 Å². The zero-order valence-electron chi connectivity index (χ0n) is 14.8. The maximum absolute atomic E-state index is 12.4. The zero-order chi connectivity index (χ0) is 18.5. The molecule has 0 bridgehead atoms. The molecule has 1 heterocycles. The second-order valence-corrected chi connectivity index (χ2v) is 6.98. The maximum Gasteiger partial charge on any atom is 0.308 e. The van der Waals surface area contributed by atoms with Gasteiger partial charge in [0.2, 0.25) is 5.91 Å². The average molecular weight is 367 g/mol. The molecule has 1 aliphatic rings. The molecule has 0 unspecified atom stereocenters. The lowest BCUT2D eigenvalue weighted by molar-refractivity contribution is -0.146. The molecule has 5 heteroatoms. The monoisotopic (exact) mass is 367 g/mol. The molecular formula is C21H21NO3S. The van der Waals surface area contributed by atoms with E-state index in [2.05, 4.69) is 0 Å². The molecule has 0 spiro atoms. The Morgan fingerprint density at radius 1 is 1.12 bits per heavy atom. The third-order valence-corrected chi connectivity index (χ3v) is 5.13. The van der Waals surface area contributed by atoms with Crippen LogP contribution in [0.2, 0.25) is 0 Å². The molecule has 0 saturated carbocycles. The smallest absolute Gasteiger partial charge is 0.308 e. The fourth-order valence-electron chi connectivity index (χ4n) is 3.02. The highest BCUT2D eigenvalue weighted by molar-refractivity contribution is 7.98. The number of esters is 1. The summed E-state index contributed by atoms with van der Waals surface area (Å²) in [6.07, 6.45) is 5.78. The van der Waals surface area contributed by atoms with E-state index >= 15 is 0 Å². The minimum Gasteiger partial charge on any atom is -0.461 e. The molecule has 0 aliphatic carbocycles. The first kappa shape index (κ1) is 18.3. The van der Waals surface area contributed by atoms with Gasteiger partial charge >= 0.3 is 5.97 Å². The molecule has 0 radical (unpaired) electrons. The summed E-state index contributed by atoms with van der Waals surface area (Å²) in [5, 5.41) is 0. The first-order chi connectivity index (χ1) is 12.6. The van der Waals surface area contributed by atoms with Crippen molar-refractivity contribution in [1.82, 2.24) is 4.90 Å². The van der Waals surface area contributed by atoms with E-state index in [9.17, 15) is 9.59 Å². The van der Waals surface area contributed by atoms with E-state index in [1.54, 1.807) is 22.9 Å². The van der Waals surface area contributed by atoms with E-state index in [0.717, 1.165) is 16.7 Å². The van der Waals surface area contributed by atoms with Crippen LogP contribution in [0.15, 0.2) is 59.6 Å². The topological polar surface area (TPSA) is 46.6 Å². The first-order valence-corrected chi connectivity index (χ1v) is 9.65. The zero-order valence-corrected chi connectivity index (χ0v) is 15.7. The Labute approximate surface area is 157 Å². The molecule has 0 saturated heterocycles. The third-order valence-electron chi connectivity index (χ3n) is 4.39. The Balaban J connectivity index is 1.68. The van der Waals surface area contributed by atoms with Crippen LogP contribution in [0.3, 0.4) is 0 Å². The molecule has 0 N–H and O–H groups in total. The fraction of sp³-hybridized carbons (Fsp3) is 0.238. The van der Waals surface area contributed by atoms with Crippen LogP contribution in [0.5, 0.6) is 0 Å². The van der Waals surface area contributed by atoms with Gasteiger partial charge in [-0.1, -0.05) is 36.4 Å². The van der Waals surface area contributed by atoms with E-state index in [4.69, 9.17) is 4.74 Å². The van der Waals surface area contributed by atoms with Crippen molar-refractivity contribution in [1.29, 1.82) is 0 Å². The van der Waals surface area contributed by atoms with Crippen LogP contribution in [0.1, 0.15) is 36.1 Å². The van der Waals surface area contributed by atoms with Crippen LogP contribution >= 0.6 is 11.8 Å². The molecule has 134 valence electrons. The molecule has 1 amide bonds. The number of fused-ring (bicyclic) bond motifs is 1. The Morgan fingerprint density at radius 3 is 2.54 bits per heavy atom. The van der Waals surface area contributed by atoms with Crippen LogP contribution in [0, 0.1) is 0 Å². The van der Waals surface area contributed by atoms with Crippen molar-refractivity contribution in [3.05, 3.63) is 71.4 Å². The van der Waals surface area contributed by atoms with Gasteiger partial charge in [0.25, 0.3) is 0 Å². The van der Waals surface area contributed by atoms with Gasteiger partial charge < -0.3 is 9.64 Å². The minimum absolute atomic E-state index is 0.0961. The maximum atomic E-state index is 12.4. The fourth-order valence-corrected chi connectivity index (χ4v) is 3.42. The summed E-state index contributed by atoms with van der Waals surface area (Å²) >= 11 is 1.67. The Hall–Kier alpha value is -2.53. The van der Waals surface area contributed by atoms with Gasteiger partial charge in [-0.25, -0.2) is 0 Å².